The molecule has 1 aromatic heterocycles. The number of nitrogen functional groups attached to an aromatic ring is 1. The molecule has 0 bridgehead atoms. The van der Waals surface area contributed by atoms with Crippen molar-refractivity contribution in [2.75, 3.05) is 5.73 Å². The number of carbonyl (C=O) groups excluding carboxylic acids is 1. The maximum atomic E-state index is 11.5. The van der Waals surface area contributed by atoms with E-state index in [0.29, 0.717) is 0 Å². The molecule has 7 nitrogen and oxygen atoms in total. The van der Waals surface area contributed by atoms with Gasteiger partial charge in [0.25, 0.3) is 5.91 Å². The van der Waals surface area contributed by atoms with E-state index >= 15 is 0 Å². The Balaban J connectivity index is 2.73. The highest BCUT2D eigenvalue weighted by Crippen LogP contribution is 2.11. The number of rotatable bonds is 4. The number of carbonyl (C=O) groups is 2. The summed E-state index contributed by atoms with van der Waals surface area (Å²) in [6.07, 6.45) is -1.20. The fraction of sp³-hybridized carbons (Fsp3) is 0.375. The smallest absolute Gasteiger partial charge is 0.328 e. The molecule has 0 aliphatic rings. The number of aromatic nitrogens is 1. The summed E-state index contributed by atoms with van der Waals surface area (Å²) >= 11 is 1.07. The van der Waals surface area contributed by atoms with Gasteiger partial charge in [-0.2, -0.15) is 0 Å². The third kappa shape index (κ3) is 2.91. The van der Waals surface area contributed by atoms with E-state index in [2.05, 4.69) is 10.3 Å². The van der Waals surface area contributed by atoms with Crippen molar-refractivity contribution in [3.8, 4) is 0 Å². The Labute approximate surface area is 94.9 Å². The second kappa shape index (κ2) is 4.90. The van der Waals surface area contributed by atoms with Crippen LogP contribution in [0.2, 0.25) is 0 Å². The van der Waals surface area contributed by atoms with Crippen LogP contribution in [0, 0.1) is 0 Å². The number of thiazole rings is 1. The predicted molar refractivity (Wildman–Crippen MR) is 57.1 cm³/mol. The molecule has 5 N–H and O–H groups in total. The summed E-state index contributed by atoms with van der Waals surface area (Å²) in [4.78, 5) is 25.9. The van der Waals surface area contributed by atoms with Gasteiger partial charge in [-0.05, 0) is 6.92 Å². The maximum absolute atomic E-state index is 11.5. The number of hydrogen-bond acceptors (Lipinski definition) is 6. The van der Waals surface area contributed by atoms with Gasteiger partial charge in [0.1, 0.15) is 5.69 Å². The molecule has 88 valence electrons. The summed E-state index contributed by atoms with van der Waals surface area (Å²) in [5, 5.41) is 21.6. The number of aliphatic hydroxyl groups excluding tert-OH is 1. The number of hydrogen-bond donors (Lipinski definition) is 4. The lowest BCUT2D eigenvalue weighted by Gasteiger charge is -2.15. The normalized spacial score (nSPS) is 14.1. The van der Waals surface area contributed by atoms with Gasteiger partial charge in [0.2, 0.25) is 0 Å². The molecule has 0 saturated heterocycles. The lowest BCUT2D eigenvalue weighted by atomic mass is 10.2. The summed E-state index contributed by atoms with van der Waals surface area (Å²) in [5.41, 5.74) is 5.36. The number of aliphatic hydroxyl groups is 1. The average Bonchev–Trinajstić information content (AvgIpc) is 2.59. The van der Waals surface area contributed by atoms with E-state index in [-0.39, 0.29) is 10.8 Å². The van der Waals surface area contributed by atoms with Gasteiger partial charge in [-0.25, -0.2) is 9.78 Å². The summed E-state index contributed by atoms with van der Waals surface area (Å²) in [7, 11) is 0. The summed E-state index contributed by atoms with van der Waals surface area (Å²) in [6.45, 7) is 1.27. The first-order chi connectivity index (χ1) is 7.41. The van der Waals surface area contributed by atoms with Crippen molar-refractivity contribution in [3.63, 3.8) is 0 Å². The monoisotopic (exact) mass is 245 g/mol. The highest BCUT2D eigenvalue weighted by Gasteiger charge is 2.26. The fourth-order valence-electron chi connectivity index (χ4n) is 0.996. The molecule has 2 unspecified atom stereocenters. The average molecular weight is 245 g/mol. The topological polar surface area (TPSA) is 126 Å². The SMILES string of the molecule is CC(O)C(NC(=O)c1csc(N)n1)C(=O)O. The zero-order valence-corrected chi connectivity index (χ0v) is 9.19. The molecule has 0 saturated carbocycles. The van der Waals surface area contributed by atoms with Gasteiger partial charge < -0.3 is 21.3 Å². The molecular formula is C8H11N3O4S. The standard InChI is InChI=1S/C8H11N3O4S/c1-3(12)5(7(14)15)11-6(13)4-2-16-8(9)10-4/h2-3,5,12H,1H3,(H2,9,10)(H,11,13)(H,14,15). The number of nitrogens with zero attached hydrogens (tertiary/aromatic N) is 1. The molecule has 16 heavy (non-hydrogen) atoms. The Morgan fingerprint density at radius 1 is 1.62 bits per heavy atom. The molecule has 0 spiro atoms. The summed E-state index contributed by atoms with van der Waals surface area (Å²) < 4.78 is 0. The molecule has 0 aromatic carbocycles. The first-order valence-corrected chi connectivity index (χ1v) is 5.22. The molecule has 0 aliphatic heterocycles. The first-order valence-electron chi connectivity index (χ1n) is 4.34. The van der Waals surface area contributed by atoms with Gasteiger partial charge in [-0.3, -0.25) is 4.79 Å². The van der Waals surface area contributed by atoms with E-state index in [9.17, 15) is 9.59 Å². The summed E-state index contributed by atoms with van der Waals surface area (Å²) in [6, 6.07) is -1.37. The van der Waals surface area contributed by atoms with Crippen molar-refractivity contribution in [2.24, 2.45) is 0 Å². The van der Waals surface area contributed by atoms with E-state index in [1.165, 1.54) is 12.3 Å². The van der Waals surface area contributed by atoms with Gasteiger partial charge in [-0.15, -0.1) is 11.3 Å². The minimum Gasteiger partial charge on any atom is -0.480 e. The Morgan fingerprint density at radius 2 is 2.25 bits per heavy atom. The van der Waals surface area contributed by atoms with Gasteiger partial charge >= 0.3 is 5.97 Å². The quantitative estimate of drug-likeness (QED) is 0.555. The number of aliphatic carboxylic acids is 1. The zero-order chi connectivity index (χ0) is 12.3. The van der Waals surface area contributed by atoms with Crippen molar-refractivity contribution in [3.05, 3.63) is 11.1 Å². The van der Waals surface area contributed by atoms with Crippen LogP contribution in [-0.4, -0.2) is 39.2 Å². The van der Waals surface area contributed by atoms with E-state index < -0.39 is 24.0 Å². The van der Waals surface area contributed by atoms with Gasteiger partial charge in [0.05, 0.1) is 6.10 Å². The van der Waals surface area contributed by atoms with Crippen LogP contribution in [0.3, 0.4) is 0 Å². The lowest BCUT2D eigenvalue weighted by molar-refractivity contribution is -0.141. The van der Waals surface area contributed by atoms with E-state index in [1.807, 2.05) is 0 Å². The molecule has 1 heterocycles. The predicted octanol–water partition coefficient (Wildman–Crippen LogP) is -0.711. The largest absolute Gasteiger partial charge is 0.480 e. The molecule has 2 atom stereocenters. The zero-order valence-electron chi connectivity index (χ0n) is 8.38. The number of nitrogens with two attached hydrogens (primary N) is 1. The molecule has 1 aromatic rings. The lowest BCUT2D eigenvalue weighted by Crippen LogP contribution is -2.47. The van der Waals surface area contributed by atoms with Crippen LogP contribution >= 0.6 is 11.3 Å². The number of carboxylic acids is 1. The van der Waals surface area contributed by atoms with Crippen molar-refractivity contribution in [1.29, 1.82) is 0 Å². The molecule has 0 aliphatic carbocycles. The molecule has 1 amide bonds. The minimum absolute atomic E-state index is 0.0365. The molecular weight excluding hydrogens is 234 g/mol. The second-order valence-electron chi connectivity index (χ2n) is 3.10. The van der Waals surface area contributed by atoms with Crippen LogP contribution in [-0.2, 0) is 4.79 Å². The van der Waals surface area contributed by atoms with Crippen LogP contribution in [0.5, 0.6) is 0 Å². The van der Waals surface area contributed by atoms with Gasteiger partial charge in [-0.1, -0.05) is 0 Å². The van der Waals surface area contributed by atoms with E-state index in [1.54, 1.807) is 0 Å². The second-order valence-corrected chi connectivity index (χ2v) is 3.99. The highest BCUT2D eigenvalue weighted by atomic mass is 32.1. The van der Waals surface area contributed by atoms with Crippen LogP contribution in [0.4, 0.5) is 5.13 Å². The van der Waals surface area contributed by atoms with E-state index in [0.717, 1.165) is 11.3 Å². The van der Waals surface area contributed by atoms with Crippen molar-refractivity contribution in [1.82, 2.24) is 10.3 Å². The molecule has 1 rings (SSSR count). The number of nitrogens with one attached hydrogen (secondary N) is 1. The van der Waals surface area contributed by atoms with Crippen LogP contribution in [0.25, 0.3) is 0 Å². The molecule has 0 radical (unpaired) electrons. The third-order valence-corrected chi connectivity index (χ3v) is 2.46. The van der Waals surface area contributed by atoms with Gasteiger partial charge in [0, 0.05) is 5.38 Å². The van der Waals surface area contributed by atoms with Crippen molar-refractivity contribution >= 4 is 28.3 Å². The Morgan fingerprint density at radius 3 is 2.62 bits per heavy atom. The highest BCUT2D eigenvalue weighted by molar-refractivity contribution is 7.13. The van der Waals surface area contributed by atoms with Crippen molar-refractivity contribution in [2.45, 2.75) is 19.1 Å². The first kappa shape index (κ1) is 12.4. The van der Waals surface area contributed by atoms with Crippen LogP contribution < -0.4 is 11.1 Å². The number of amides is 1. The van der Waals surface area contributed by atoms with Crippen LogP contribution in [0.15, 0.2) is 5.38 Å². The Bertz CT molecular complexity index is 404. The van der Waals surface area contributed by atoms with Crippen LogP contribution in [0.1, 0.15) is 17.4 Å². The third-order valence-electron chi connectivity index (χ3n) is 1.79. The Hall–Kier alpha value is -1.67. The number of carboxylic acid groups (broad SMARTS) is 1. The minimum atomic E-state index is -1.37. The van der Waals surface area contributed by atoms with Crippen molar-refractivity contribution < 1.29 is 19.8 Å². The van der Waals surface area contributed by atoms with E-state index in [4.69, 9.17) is 15.9 Å². The van der Waals surface area contributed by atoms with Gasteiger partial charge in [0.15, 0.2) is 11.2 Å². The molecule has 8 heteroatoms. The fourth-order valence-corrected chi connectivity index (χ4v) is 1.54. The summed E-state index contributed by atoms with van der Waals surface area (Å²) in [5.74, 6) is -1.99. The Kier molecular flexibility index (Phi) is 3.80. The molecule has 0 fully saturated rings. The number of anilines is 1. The maximum Gasteiger partial charge on any atom is 0.328 e.